The van der Waals surface area contributed by atoms with E-state index in [2.05, 4.69) is 41.8 Å². The van der Waals surface area contributed by atoms with Crippen LogP contribution in [0.5, 0.6) is 5.75 Å². The largest absolute Gasteiger partial charge is 0.494 e. The van der Waals surface area contributed by atoms with Crippen LogP contribution in [0, 0.1) is 5.92 Å². The van der Waals surface area contributed by atoms with Gasteiger partial charge in [0.15, 0.2) is 0 Å². The van der Waals surface area contributed by atoms with Crippen LogP contribution in [0.3, 0.4) is 0 Å². The van der Waals surface area contributed by atoms with E-state index < -0.39 is 5.91 Å². The molecule has 1 saturated heterocycles. The van der Waals surface area contributed by atoms with Crippen LogP contribution in [0.15, 0.2) is 50.9 Å². The molecule has 5 rings (SSSR count). The van der Waals surface area contributed by atoms with Gasteiger partial charge in [-0.1, -0.05) is 6.07 Å². The van der Waals surface area contributed by atoms with Gasteiger partial charge in [0.25, 0.3) is 11.5 Å². The number of likely N-dealkylation sites (tertiary alicyclic amines) is 1. The average Bonchev–Trinajstić information content (AvgIpc) is 3.38. The highest BCUT2D eigenvalue weighted by molar-refractivity contribution is 6.18. The normalized spacial score (nSPS) is 18.8. The number of benzene rings is 1. The second-order valence-corrected chi connectivity index (χ2v) is 9.85. The maximum absolute atomic E-state index is 12.4. The molecule has 2 N–H and O–H groups in total. The lowest BCUT2D eigenvalue weighted by atomic mass is 9.83. The summed E-state index contributed by atoms with van der Waals surface area (Å²) >= 11 is 5.67. The minimum absolute atomic E-state index is 0.000803. The number of ether oxygens (including phenoxy) is 1. The molecule has 11 nitrogen and oxygen atoms in total. The van der Waals surface area contributed by atoms with E-state index in [1.54, 1.807) is 12.3 Å². The number of piperidine rings is 1. The average molecular weight is 540 g/mol. The van der Waals surface area contributed by atoms with Crippen LogP contribution < -0.4 is 21.0 Å². The number of carbonyl (C=O) groups is 1. The Hall–Kier alpha value is -3.70. The Kier molecular flexibility index (Phi) is 8.04. The predicted molar refractivity (Wildman–Crippen MR) is 143 cm³/mol. The molecular formula is C26H30ClN7O4. The van der Waals surface area contributed by atoms with E-state index in [-0.39, 0.29) is 17.1 Å². The van der Waals surface area contributed by atoms with Crippen molar-refractivity contribution in [2.45, 2.75) is 32.4 Å². The number of amides is 1. The van der Waals surface area contributed by atoms with Crippen molar-refractivity contribution in [1.82, 2.24) is 25.2 Å². The quantitative estimate of drug-likeness (QED) is 0.229. The summed E-state index contributed by atoms with van der Waals surface area (Å²) < 4.78 is 12.5. The van der Waals surface area contributed by atoms with Gasteiger partial charge in [-0.2, -0.15) is 5.10 Å². The number of alkyl halides is 1. The van der Waals surface area contributed by atoms with E-state index in [1.807, 2.05) is 35.8 Å². The molecule has 2 aliphatic rings. The molecule has 2 unspecified atom stereocenters. The van der Waals surface area contributed by atoms with Gasteiger partial charge in [-0.15, -0.1) is 11.6 Å². The summed E-state index contributed by atoms with van der Waals surface area (Å²) in [6.45, 7) is 6.21. The van der Waals surface area contributed by atoms with E-state index in [4.69, 9.17) is 16.3 Å². The Labute approximate surface area is 224 Å². The van der Waals surface area contributed by atoms with Crippen LogP contribution in [0.1, 0.15) is 46.6 Å². The number of hydrogen-bond donors (Lipinski definition) is 2. The zero-order valence-electron chi connectivity index (χ0n) is 21.1. The van der Waals surface area contributed by atoms with Gasteiger partial charge < -0.3 is 14.6 Å². The van der Waals surface area contributed by atoms with Gasteiger partial charge in [0.1, 0.15) is 5.75 Å². The number of anilines is 1. The maximum atomic E-state index is 12.4. The molecular weight excluding hydrogens is 510 g/mol. The van der Waals surface area contributed by atoms with Crippen molar-refractivity contribution in [3.05, 3.63) is 69.3 Å². The third kappa shape index (κ3) is 5.73. The summed E-state index contributed by atoms with van der Waals surface area (Å²) in [7, 11) is 0. The van der Waals surface area contributed by atoms with Crippen LogP contribution in [0.4, 0.5) is 5.82 Å². The molecule has 1 amide bonds. The summed E-state index contributed by atoms with van der Waals surface area (Å²) in [5.41, 5.74) is 5.53. The third-order valence-corrected chi connectivity index (χ3v) is 6.99. The summed E-state index contributed by atoms with van der Waals surface area (Å²) in [6.07, 6.45) is 2.68. The first-order chi connectivity index (χ1) is 18.6. The fraction of sp³-hybridized carbons (Fsp3) is 0.423. The van der Waals surface area contributed by atoms with Crippen LogP contribution in [0.2, 0.25) is 0 Å². The molecule has 38 heavy (non-hydrogen) atoms. The van der Waals surface area contributed by atoms with Crippen molar-refractivity contribution >= 4 is 29.5 Å². The minimum atomic E-state index is -0.551. The molecule has 0 radical (unpaired) electrons. The van der Waals surface area contributed by atoms with Crippen molar-refractivity contribution in [2.75, 3.05) is 37.4 Å². The highest BCUT2D eigenvalue weighted by Crippen LogP contribution is 2.36. The Morgan fingerprint density at radius 1 is 1.26 bits per heavy atom. The van der Waals surface area contributed by atoms with Crippen molar-refractivity contribution in [3.8, 4) is 5.75 Å². The molecule has 1 aromatic carbocycles. The number of hydrogen-bond acceptors (Lipinski definition) is 9. The van der Waals surface area contributed by atoms with Gasteiger partial charge >= 0.3 is 0 Å². The lowest BCUT2D eigenvalue weighted by molar-refractivity contribution is 0.0946. The van der Waals surface area contributed by atoms with Gasteiger partial charge in [0.2, 0.25) is 11.5 Å². The predicted octanol–water partition coefficient (Wildman–Crippen LogP) is 2.66. The molecule has 0 spiro atoms. The molecule has 3 aromatic rings. The summed E-state index contributed by atoms with van der Waals surface area (Å²) in [4.78, 5) is 27.2. The highest BCUT2D eigenvalue weighted by atomic mass is 35.5. The van der Waals surface area contributed by atoms with E-state index in [0.717, 1.165) is 48.6 Å². The summed E-state index contributed by atoms with van der Waals surface area (Å²) in [5, 5.41) is 14.3. The number of pyridine rings is 1. The molecule has 200 valence electrons. The molecule has 2 aliphatic heterocycles. The molecule has 4 heterocycles. The van der Waals surface area contributed by atoms with Crippen molar-refractivity contribution in [2.24, 2.45) is 11.0 Å². The maximum Gasteiger partial charge on any atom is 0.297 e. The Bertz CT molecular complexity index is 1370. The van der Waals surface area contributed by atoms with Gasteiger partial charge in [0, 0.05) is 61.8 Å². The Balaban J connectivity index is 1.28. The minimum Gasteiger partial charge on any atom is -0.494 e. The van der Waals surface area contributed by atoms with E-state index in [0.29, 0.717) is 37.4 Å². The lowest BCUT2D eigenvalue weighted by Crippen LogP contribution is -2.46. The number of nitrogens with zero attached hydrogens (tertiary/aromatic N) is 5. The fourth-order valence-corrected chi connectivity index (χ4v) is 5.40. The molecule has 2 atom stereocenters. The number of hydrazone groups is 1. The van der Waals surface area contributed by atoms with E-state index >= 15 is 0 Å². The van der Waals surface area contributed by atoms with Crippen LogP contribution >= 0.6 is 11.6 Å². The van der Waals surface area contributed by atoms with Gasteiger partial charge in [-0.3, -0.25) is 14.5 Å². The number of rotatable bonds is 10. The standard InChI is InChI=1S/C26H30ClN7O4/c1-2-37-22-7-6-17(12-29-30-26(36)24-25(28-9-8-27)32-38-31-24)10-20(22)16-33-13-18-11-19(15-33)21-4-3-5-23(35)34(21)14-18/h3-7,10,12,18-19H,2,8-9,11,13-16H2,1H3,(H,28,32)(H,30,36). The second-order valence-electron chi connectivity index (χ2n) is 9.47. The second kappa shape index (κ2) is 11.8. The SMILES string of the molecule is CCOc1ccc(C=NNC(=O)c2nonc2NCCCl)cc1CN1CC2CC(C1)c1cccc(=O)n1C2. The van der Waals surface area contributed by atoms with E-state index in [1.165, 1.54) is 0 Å². The first-order valence-electron chi connectivity index (χ1n) is 12.7. The summed E-state index contributed by atoms with van der Waals surface area (Å²) in [6, 6.07) is 11.4. The number of fused-ring (bicyclic) bond motifs is 4. The molecule has 1 fully saturated rings. The Morgan fingerprint density at radius 3 is 3.00 bits per heavy atom. The number of carbonyl (C=O) groups excluding carboxylic acids is 1. The number of aromatic nitrogens is 3. The zero-order valence-corrected chi connectivity index (χ0v) is 21.9. The smallest absolute Gasteiger partial charge is 0.297 e. The van der Waals surface area contributed by atoms with E-state index in [9.17, 15) is 9.59 Å². The van der Waals surface area contributed by atoms with Crippen LogP contribution in [-0.4, -0.2) is 64.0 Å². The van der Waals surface area contributed by atoms with Crippen molar-refractivity contribution in [1.29, 1.82) is 0 Å². The summed E-state index contributed by atoms with van der Waals surface area (Å²) in [5.74, 6) is 1.60. The molecule has 12 heteroatoms. The first-order valence-corrected chi connectivity index (χ1v) is 13.2. The molecule has 0 aliphatic carbocycles. The zero-order chi connectivity index (χ0) is 26.5. The number of nitrogens with one attached hydrogen (secondary N) is 2. The number of halogens is 1. The monoisotopic (exact) mass is 539 g/mol. The first kappa shape index (κ1) is 25.9. The fourth-order valence-electron chi connectivity index (χ4n) is 5.30. The highest BCUT2D eigenvalue weighted by Gasteiger charge is 2.34. The lowest BCUT2D eigenvalue weighted by Gasteiger charge is -2.43. The van der Waals surface area contributed by atoms with Crippen molar-refractivity contribution < 1.29 is 14.2 Å². The van der Waals surface area contributed by atoms with Crippen molar-refractivity contribution in [3.63, 3.8) is 0 Å². The Morgan fingerprint density at radius 2 is 2.16 bits per heavy atom. The molecule has 2 bridgehead atoms. The van der Waals surface area contributed by atoms with Gasteiger partial charge in [-0.05, 0) is 59.4 Å². The van der Waals surface area contributed by atoms with Gasteiger partial charge in [0.05, 0.1) is 12.8 Å². The van der Waals surface area contributed by atoms with Gasteiger partial charge in [-0.25, -0.2) is 10.1 Å². The van der Waals surface area contributed by atoms with Crippen LogP contribution in [-0.2, 0) is 13.1 Å². The molecule has 2 aromatic heterocycles. The molecule has 0 saturated carbocycles. The topological polar surface area (TPSA) is 127 Å². The van der Waals surface area contributed by atoms with Crippen LogP contribution in [0.25, 0.3) is 0 Å². The third-order valence-electron chi connectivity index (χ3n) is 6.80.